The van der Waals surface area contributed by atoms with E-state index in [9.17, 15) is 4.79 Å². The molecule has 3 heteroatoms. The molecular weight excluding hydrogens is 302 g/mol. The highest BCUT2D eigenvalue weighted by Gasteiger charge is 2.16. The third kappa shape index (κ3) is 3.46. The van der Waals surface area contributed by atoms with Crippen LogP contribution in [0.5, 0.6) is 0 Å². The van der Waals surface area contributed by atoms with Gasteiger partial charge in [-0.25, -0.2) is 0 Å². The van der Waals surface area contributed by atoms with Gasteiger partial charge in [0, 0.05) is 27.4 Å². The van der Waals surface area contributed by atoms with Crippen molar-refractivity contribution in [3.63, 3.8) is 0 Å². The number of para-hydroxylation sites is 2. The maximum absolute atomic E-state index is 12.2. The van der Waals surface area contributed by atoms with Crippen LogP contribution in [0.4, 0.5) is 11.4 Å². The average molecular weight is 319 g/mol. The van der Waals surface area contributed by atoms with Crippen molar-refractivity contribution < 1.29 is 4.79 Å². The molecule has 0 fully saturated rings. The van der Waals surface area contributed by atoms with E-state index >= 15 is 0 Å². The Balaban J connectivity index is 2.05. The molecule has 0 saturated carbocycles. The first-order chi connectivity index (χ1) is 11.3. The van der Waals surface area contributed by atoms with E-state index in [1.54, 1.807) is 23.9 Å². The highest BCUT2D eigenvalue weighted by molar-refractivity contribution is 8.07. The zero-order valence-electron chi connectivity index (χ0n) is 12.8. The monoisotopic (exact) mass is 319 g/mol. The number of hydrogen-bond donors (Lipinski definition) is 1. The minimum Gasteiger partial charge on any atom is -0.355 e. The highest BCUT2D eigenvalue weighted by Crippen LogP contribution is 2.36. The molecule has 2 nitrogen and oxygen atoms in total. The normalized spacial score (nSPS) is 15.6. The Morgan fingerprint density at radius 2 is 1.61 bits per heavy atom. The number of rotatable bonds is 4. The molecule has 1 aliphatic rings. The van der Waals surface area contributed by atoms with Crippen LogP contribution in [-0.4, -0.2) is 12.0 Å². The maximum Gasteiger partial charge on any atom is 0.186 e. The SMILES string of the molecule is CS/C(=C1\C=CC=CC1=O)c1ccccc1Nc1ccccc1. The lowest BCUT2D eigenvalue weighted by Crippen LogP contribution is -2.03. The van der Waals surface area contributed by atoms with Crippen LogP contribution in [0.25, 0.3) is 4.91 Å². The Hall–Kier alpha value is -2.52. The Labute approximate surface area is 140 Å². The molecule has 0 amide bonds. The minimum atomic E-state index is 0.0476. The smallest absolute Gasteiger partial charge is 0.186 e. The van der Waals surface area contributed by atoms with Crippen molar-refractivity contribution in [1.29, 1.82) is 0 Å². The van der Waals surface area contributed by atoms with Crippen molar-refractivity contribution in [2.75, 3.05) is 11.6 Å². The molecule has 0 bridgehead atoms. The van der Waals surface area contributed by atoms with Crippen LogP contribution in [0.3, 0.4) is 0 Å². The van der Waals surface area contributed by atoms with Gasteiger partial charge in [-0.3, -0.25) is 4.79 Å². The molecule has 0 saturated heterocycles. The average Bonchev–Trinajstić information content (AvgIpc) is 2.59. The molecule has 2 aromatic rings. The second kappa shape index (κ2) is 7.16. The van der Waals surface area contributed by atoms with Gasteiger partial charge in [0.1, 0.15) is 0 Å². The number of allylic oxidation sites excluding steroid dienone is 5. The van der Waals surface area contributed by atoms with E-state index in [2.05, 4.69) is 5.32 Å². The van der Waals surface area contributed by atoms with Gasteiger partial charge >= 0.3 is 0 Å². The molecule has 1 N–H and O–H groups in total. The first kappa shape index (κ1) is 15.4. The van der Waals surface area contributed by atoms with Gasteiger partial charge in [-0.1, -0.05) is 48.6 Å². The standard InChI is InChI=1S/C20H17NOS/c1-23-20(17-12-6-8-14-19(17)22)16-11-5-7-13-18(16)21-15-9-3-2-4-10-15/h2-14,21H,1H3/b20-17+. The Bertz CT molecular complexity index is 803. The van der Waals surface area contributed by atoms with E-state index < -0.39 is 0 Å². The molecule has 3 rings (SSSR count). The Kier molecular flexibility index (Phi) is 4.79. The molecule has 0 aliphatic heterocycles. The summed E-state index contributed by atoms with van der Waals surface area (Å²) < 4.78 is 0. The molecular formula is C20H17NOS. The van der Waals surface area contributed by atoms with Crippen LogP contribution >= 0.6 is 11.8 Å². The molecule has 0 unspecified atom stereocenters. The fourth-order valence-corrected chi connectivity index (χ4v) is 3.27. The third-order valence-corrected chi connectivity index (χ3v) is 4.41. The van der Waals surface area contributed by atoms with Crippen LogP contribution in [0.2, 0.25) is 0 Å². The molecule has 23 heavy (non-hydrogen) atoms. The fraction of sp³-hybridized carbons (Fsp3) is 0.0500. The summed E-state index contributed by atoms with van der Waals surface area (Å²) >= 11 is 1.59. The molecule has 0 aromatic heterocycles. The Morgan fingerprint density at radius 3 is 2.35 bits per heavy atom. The van der Waals surface area contributed by atoms with Gasteiger partial charge in [0.2, 0.25) is 0 Å². The minimum absolute atomic E-state index is 0.0476. The van der Waals surface area contributed by atoms with Gasteiger partial charge in [-0.15, -0.1) is 11.8 Å². The van der Waals surface area contributed by atoms with E-state index in [-0.39, 0.29) is 5.78 Å². The lowest BCUT2D eigenvalue weighted by Gasteiger charge is -2.16. The van der Waals surface area contributed by atoms with Crippen molar-refractivity contribution in [3.8, 4) is 0 Å². The van der Waals surface area contributed by atoms with Crippen molar-refractivity contribution in [1.82, 2.24) is 0 Å². The first-order valence-corrected chi connectivity index (χ1v) is 8.61. The molecule has 0 radical (unpaired) electrons. The highest BCUT2D eigenvalue weighted by atomic mass is 32.2. The summed E-state index contributed by atoms with van der Waals surface area (Å²) in [4.78, 5) is 13.2. The number of nitrogens with one attached hydrogen (secondary N) is 1. The topological polar surface area (TPSA) is 29.1 Å². The molecule has 2 aromatic carbocycles. The van der Waals surface area contributed by atoms with Gasteiger partial charge in [0.15, 0.2) is 5.78 Å². The van der Waals surface area contributed by atoms with Crippen LogP contribution in [0.15, 0.2) is 84.5 Å². The van der Waals surface area contributed by atoms with Crippen LogP contribution < -0.4 is 5.32 Å². The summed E-state index contributed by atoms with van der Waals surface area (Å²) in [5.41, 5.74) is 3.79. The van der Waals surface area contributed by atoms with Crippen LogP contribution in [0, 0.1) is 0 Å². The third-order valence-electron chi connectivity index (χ3n) is 3.56. The van der Waals surface area contributed by atoms with E-state index in [0.29, 0.717) is 0 Å². The summed E-state index contributed by atoms with van der Waals surface area (Å²) in [6, 6.07) is 18.1. The van der Waals surface area contributed by atoms with E-state index in [1.807, 2.05) is 73.0 Å². The van der Waals surface area contributed by atoms with Crippen molar-refractivity contribution in [2.24, 2.45) is 0 Å². The Morgan fingerprint density at radius 1 is 0.913 bits per heavy atom. The summed E-state index contributed by atoms with van der Waals surface area (Å²) in [5.74, 6) is 0.0476. The summed E-state index contributed by atoms with van der Waals surface area (Å²) in [6.07, 6.45) is 9.17. The number of carbonyl (C=O) groups is 1. The van der Waals surface area contributed by atoms with Crippen LogP contribution in [0.1, 0.15) is 5.56 Å². The lowest BCUT2D eigenvalue weighted by molar-refractivity contribution is -0.111. The summed E-state index contributed by atoms with van der Waals surface area (Å²) in [6.45, 7) is 0. The number of hydrogen-bond acceptors (Lipinski definition) is 3. The maximum atomic E-state index is 12.2. The second-order valence-corrected chi connectivity index (χ2v) is 5.88. The van der Waals surface area contributed by atoms with Crippen molar-refractivity contribution in [3.05, 3.63) is 90.0 Å². The fourth-order valence-electron chi connectivity index (χ4n) is 2.49. The molecule has 1 aliphatic carbocycles. The predicted octanol–water partition coefficient (Wildman–Crippen LogP) is 5.20. The van der Waals surface area contributed by atoms with Gasteiger partial charge in [0.05, 0.1) is 0 Å². The molecule has 0 atom stereocenters. The second-order valence-electron chi connectivity index (χ2n) is 5.07. The number of ketones is 1. The van der Waals surface area contributed by atoms with Gasteiger partial charge < -0.3 is 5.32 Å². The van der Waals surface area contributed by atoms with Gasteiger partial charge in [-0.05, 0) is 36.6 Å². The number of anilines is 2. The number of benzene rings is 2. The van der Waals surface area contributed by atoms with E-state index in [1.165, 1.54) is 0 Å². The summed E-state index contributed by atoms with van der Waals surface area (Å²) in [5, 5.41) is 3.44. The van der Waals surface area contributed by atoms with Crippen molar-refractivity contribution >= 4 is 33.8 Å². The quantitative estimate of drug-likeness (QED) is 0.785. The molecule has 114 valence electrons. The van der Waals surface area contributed by atoms with Crippen molar-refractivity contribution in [2.45, 2.75) is 0 Å². The zero-order valence-corrected chi connectivity index (χ0v) is 13.6. The molecule has 0 spiro atoms. The zero-order chi connectivity index (χ0) is 16.1. The van der Waals surface area contributed by atoms with E-state index in [0.717, 1.165) is 27.4 Å². The number of carbonyl (C=O) groups excluding carboxylic acids is 1. The lowest BCUT2D eigenvalue weighted by atomic mass is 10.0. The first-order valence-electron chi connectivity index (χ1n) is 7.38. The largest absolute Gasteiger partial charge is 0.355 e. The number of thioether (sulfide) groups is 1. The van der Waals surface area contributed by atoms with Gasteiger partial charge in [0.25, 0.3) is 0 Å². The predicted molar refractivity (Wildman–Crippen MR) is 99.9 cm³/mol. The van der Waals surface area contributed by atoms with E-state index in [4.69, 9.17) is 0 Å². The van der Waals surface area contributed by atoms with Gasteiger partial charge in [-0.2, -0.15) is 0 Å². The van der Waals surface area contributed by atoms with Crippen LogP contribution in [-0.2, 0) is 4.79 Å². The summed E-state index contributed by atoms with van der Waals surface area (Å²) in [7, 11) is 0. The molecule has 0 heterocycles.